The van der Waals surface area contributed by atoms with Crippen LogP contribution in [-0.4, -0.2) is 29.8 Å². The van der Waals surface area contributed by atoms with Crippen LogP contribution in [0, 0.1) is 0 Å². The summed E-state index contributed by atoms with van der Waals surface area (Å²) in [4.78, 5) is 33.0. The second-order valence-corrected chi connectivity index (χ2v) is 8.20. The topological polar surface area (TPSA) is 74.3 Å². The minimum absolute atomic E-state index is 0.118. The number of hydrogen-bond acceptors (Lipinski definition) is 5. The van der Waals surface area contributed by atoms with Gasteiger partial charge in [-0.2, -0.15) is 0 Å². The summed E-state index contributed by atoms with van der Waals surface area (Å²) in [6, 6.07) is 13.7. The average Bonchev–Trinajstić information content (AvgIpc) is 2.80. The molecule has 4 rings (SSSR count). The molecule has 6 nitrogen and oxygen atoms in total. The molecule has 1 aromatic carbocycles. The molecule has 1 atom stereocenters. The van der Waals surface area contributed by atoms with Crippen molar-refractivity contribution in [1.29, 1.82) is 0 Å². The van der Waals surface area contributed by atoms with Crippen LogP contribution in [0.3, 0.4) is 0 Å². The van der Waals surface area contributed by atoms with Crippen LogP contribution in [0.5, 0.6) is 0 Å². The van der Waals surface area contributed by atoms with Crippen LogP contribution in [0.2, 0.25) is 0 Å². The number of Topliss-reactive ketones (excluding diaryl/α,β-unsaturated/α-hetero) is 1. The number of carbonyl (C=O) groups is 2. The Bertz CT molecular complexity index is 1070. The fraction of sp³-hybridized carbons (Fsp3) is 0.346. The first-order valence-corrected chi connectivity index (χ1v) is 11.3. The molecule has 2 heterocycles. The molecule has 1 aliphatic heterocycles. The molecule has 1 amide bonds. The summed E-state index contributed by atoms with van der Waals surface area (Å²) in [6.07, 6.45) is 3.82. The van der Waals surface area contributed by atoms with Crippen LogP contribution >= 0.6 is 0 Å². The average molecular weight is 431 g/mol. The Hall–Kier alpha value is -3.41. The zero-order valence-electron chi connectivity index (χ0n) is 18.9. The van der Waals surface area contributed by atoms with Gasteiger partial charge >= 0.3 is 0 Å². The van der Waals surface area contributed by atoms with Crippen LogP contribution in [0.25, 0.3) is 0 Å². The third-order valence-electron chi connectivity index (χ3n) is 6.28. The summed E-state index contributed by atoms with van der Waals surface area (Å²) >= 11 is 0. The largest absolute Gasteiger partial charge is 0.372 e. The van der Waals surface area contributed by atoms with Crippen LogP contribution in [0.4, 0.5) is 11.5 Å². The SMILES string of the molecule is CCN(CC)c1ccc(C2C(C(=O)Nc3ccccn3)=C(C)NC3=C2C(=O)CCC3)cc1. The summed E-state index contributed by atoms with van der Waals surface area (Å²) in [7, 11) is 0. The lowest BCUT2D eigenvalue weighted by molar-refractivity contribution is -0.116. The molecular weight excluding hydrogens is 400 g/mol. The van der Waals surface area contributed by atoms with Crippen molar-refractivity contribution in [3.05, 3.63) is 76.8 Å². The molecule has 0 fully saturated rings. The van der Waals surface area contributed by atoms with Gasteiger partial charge in [0, 0.05) is 59.9 Å². The van der Waals surface area contributed by atoms with Crippen LogP contribution < -0.4 is 15.5 Å². The summed E-state index contributed by atoms with van der Waals surface area (Å²) in [5, 5.41) is 6.27. The third kappa shape index (κ3) is 4.17. The van der Waals surface area contributed by atoms with E-state index in [9.17, 15) is 9.59 Å². The lowest BCUT2D eigenvalue weighted by Gasteiger charge is -2.34. The highest BCUT2D eigenvalue weighted by Crippen LogP contribution is 2.42. The Morgan fingerprint density at radius 3 is 2.53 bits per heavy atom. The zero-order chi connectivity index (χ0) is 22.7. The Labute approximate surface area is 189 Å². The summed E-state index contributed by atoms with van der Waals surface area (Å²) in [5.41, 5.74) is 5.12. The number of nitrogens with zero attached hydrogens (tertiary/aromatic N) is 2. The molecule has 32 heavy (non-hydrogen) atoms. The molecule has 0 radical (unpaired) electrons. The van der Waals surface area contributed by atoms with Gasteiger partial charge in [-0.05, 0) is 63.4 Å². The molecule has 2 aromatic rings. The first kappa shape index (κ1) is 21.8. The number of nitrogens with one attached hydrogen (secondary N) is 2. The maximum Gasteiger partial charge on any atom is 0.255 e. The molecule has 1 aliphatic carbocycles. The van der Waals surface area contributed by atoms with E-state index in [2.05, 4.69) is 58.6 Å². The molecule has 2 N–H and O–H groups in total. The van der Waals surface area contributed by atoms with Crippen molar-refractivity contribution in [3.8, 4) is 0 Å². The number of rotatable bonds is 6. The van der Waals surface area contributed by atoms with E-state index < -0.39 is 5.92 Å². The summed E-state index contributed by atoms with van der Waals surface area (Å²) in [6.45, 7) is 8.03. The minimum Gasteiger partial charge on any atom is -0.372 e. The Morgan fingerprint density at radius 2 is 1.88 bits per heavy atom. The van der Waals surface area contributed by atoms with Crippen LogP contribution in [0.15, 0.2) is 71.2 Å². The second-order valence-electron chi connectivity index (χ2n) is 8.20. The van der Waals surface area contributed by atoms with Gasteiger partial charge in [0.05, 0.1) is 0 Å². The lowest BCUT2D eigenvalue weighted by atomic mass is 9.75. The molecule has 166 valence electrons. The fourth-order valence-electron chi connectivity index (χ4n) is 4.70. The molecule has 2 aliphatic rings. The Balaban J connectivity index is 1.76. The number of carbonyl (C=O) groups excluding carboxylic acids is 2. The van der Waals surface area contributed by atoms with E-state index >= 15 is 0 Å². The fourth-order valence-corrected chi connectivity index (χ4v) is 4.70. The number of ketones is 1. The van der Waals surface area contributed by atoms with E-state index in [0.29, 0.717) is 17.8 Å². The van der Waals surface area contributed by atoms with Gasteiger partial charge in [-0.3, -0.25) is 9.59 Å². The van der Waals surface area contributed by atoms with E-state index in [1.54, 1.807) is 18.3 Å². The van der Waals surface area contributed by atoms with E-state index in [4.69, 9.17) is 0 Å². The number of anilines is 2. The van der Waals surface area contributed by atoms with Crippen molar-refractivity contribution in [2.75, 3.05) is 23.3 Å². The van der Waals surface area contributed by atoms with Crippen LogP contribution in [-0.2, 0) is 9.59 Å². The van der Waals surface area contributed by atoms with E-state index in [1.165, 1.54) is 0 Å². The molecule has 0 bridgehead atoms. The van der Waals surface area contributed by atoms with Crippen molar-refractivity contribution >= 4 is 23.2 Å². The van der Waals surface area contributed by atoms with Gasteiger partial charge in [0.2, 0.25) is 0 Å². The number of amides is 1. The number of allylic oxidation sites excluding steroid dienone is 3. The number of pyridine rings is 1. The van der Waals surface area contributed by atoms with Crippen molar-refractivity contribution < 1.29 is 9.59 Å². The van der Waals surface area contributed by atoms with Crippen molar-refractivity contribution in [2.45, 2.75) is 46.0 Å². The number of benzene rings is 1. The van der Waals surface area contributed by atoms with Gasteiger partial charge in [-0.15, -0.1) is 0 Å². The molecule has 1 unspecified atom stereocenters. The number of hydrogen-bond donors (Lipinski definition) is 2. The maximum absolute atomic E-state index is 13.4. The molecule has 6 heteroatoms. The molecular formula is C26H30N4O2. The van der Waals surface area contributed by atoms with E-state index in [0.717, 1.165) is 54.1 Å². The number of dihydropyridines is 1. The molecule has 0 spiro atoms. The molecule has 0 saturated heterocycles. The van der Waals surface area contributed by atoms with E-state index in [1.807, 2.05) is 13.0 Å². The molecule has 1 aromatic heterocycles. The summed E-state index contributed by atoms with van der Waals surface area (Å²) < 4.78 is 0. The third-order valence-corrected chi connectivity index (χ3v) is 6.28. The van der Waals surface area contributed by atoms with E-state index in [-0.39, 0.29) is 11.7 Å². The Morgan fingerprint density at radius 1 is 1.12 bits per heavy atom. The normalized spacial score (nSPS) is 18.2. The van der Waals surface area contributed by atoms with Gasteiger partial charge in [0.25, 0.3) is 5.91 Å². The maximum atomic E-state index is 13.4. The molecule has 0 saturated carbocycles. The monoisotopic (exact) mass is 430 g/mol. The predicted octanol–water partition coefficient (Wildman–Crippen LogP) is 4.53. The lowest BCUT2D eigenvalue weighted by Crippen LogP contribution is -2.35. The van der Waals surface area contributed by atoms with Gasteiger partial charge in [0.15, 0.2) is 5.78 Å². The van der Waals surface area contributed by atoms with Gasteiger partial charge in [-0.25, -0.2) is 4.98 Å². The van der Waals surface area contributed by atoms with Crippen LogP contribution in [0.1, 0.15) is 51.5 Å². The van der Waals surface area contributed by atoms with Gasteiger partial charge in [-0.1, -0.05) is 18.2 Å². The predicted molar refractivity (Wildman–Crippen MR) is 127 cm³/mol. The smallest absolute Gasteiger partial charge is 0.255 e. The quantitative estimate of drug-likeness (QED) is 0.704. The van der Waals surface area contributed by atoms with Gasteiger partial charge < -0.3 is 15.5 Å². The standard InChI is InChI=1S/C26H30N4O2/c1-4-30(5-2)19-14-12-18(13-15-19)24-23(26(32)29-22-11-6-7-16-27-22)17(3)28-20-9-8-10-21(31)25(20)24/h6-7,11-16,24,28H,4-5,8-10H2,1-3H3,(H,27,29,32). The highest BCUT2D eigenvalue weighted by Gasteiger charge is 2.38. The van der Waals surface area contributed by atoms with Crippen molar-refractivity contribution in [1.82, 2.24) is 10.3 Å². The number of aromatic nitrogens is 1. The van der Waals surface area contributed by atoms with Crippen molar-refractivity contribution in [3.63, 3.8) is 0 Å². The van der Waals surface area contributed by atoms with Crippen molar-refractivity contribution in [2.24, 2.45) is 0 Å². The second kappa shape index (κ2) is 9.39. The Kier molecular flexibility index (Phi) is 6.40. The highest BCUT2D eigenvalue weighted by molar-refractivity contribution is 6.09. The minimum atomic E-state index is -0.395. The summed E-state index contributed by atoms with van der Waals surface area (Å²) in [5.74, 6) is -0.0275. The van der Waals surface area contributed by atoms with Gasteiger partial charge in [0.1, 0.15) is 5.82 Å². The first-order chi connectivity index (χ1) is 15.5. The zero-order valence-corrected chi connectivity index (χ0v) is 18.9. The highest BCUT2D eigenvalue weighted by atomic mass is 16.2. The first-order valence-electron chi connectivity index (χ1n) is 11.3.